The Balaban J connectivity index is 0.000000141. The number of piperidine rings is 2. The number of halogens is 1. The summed E-state index contributed by atoms with van der Waals surface area (Å²) in [6.45, 7) is 14.0. The summed E-state index contributed by atoms with van der Waals surface area (Å²) < 4.78 is 10.7. The lowest BCUT2D eigenvalue weighted by molar-refractivity contribution is -0.124. The lowest BCUT2D eigenvalue weighted by Gasteiger charge is -2.38. The van der Waals surface area contributed by atoms with E-state index in [1.807, 2.05) is 55.1 Å². The molecule has 12 nitrogen and oxygen atoms in total. The molecule has 3 N–H and O–H groups in total. The number of para-hydroxylation sites is 2. The summed E-state index contributed by atoms with van der Waals surface area (Å²) in [5.74, 6) is 0.857. The molecular formula is C60H67ClN6O6. The fraction of sp³-hybridized carbons (Fsp3) is 0.400. The van der Waals surface area contributed by atoms with Crippen LogP contribution in [0.25, 0.3) is 21.5 Å². The van der Waals surface area contributed by atoms with E-state index in [-0.39, 0.29) is 36.1 Å². The monoisotopic (exact) mass is 1000 g/mol. The number of alkyl halides is 1. The highest BCUT2D eigenvalue weighted by Gasteiger charge is 2.53. The van der Waals surface area contributed by atoms with Gasteiger partial charge in [0.2, 0.25) is 11.8 Å². The predicted molar refractivity (Wildman–Crippen MR) is 289 cm³/mol. The number of alkyl carbamates (subject to hydrolysis) is 2. The third kappa shape index (κ3) is 9.89. The zero-order valence-electron chi connectivity index (χ0n) is 42.4. The number of benzene rings is 6. The van der Waals surface area contributed by atoms with E-state index in [2.05, 4.69) is 125 Å². The maximum Gasteiger partial charge on any atom is 0.407 e. The fourth-order valence-corrected chi connectivity index (χ4v) is 12.7. The van der Waals surface area contributed by atoms with Crippen molar-refractivity contribution in [2.24, 2.45) is 0 Å². The fourth-order valence-electron chi connectivity index (χ4n) is 12.5. The average molecular weight is 1000 g/mol. The summed E-state index contributed by atoms with van der Waals surface area (Å²) in [5, 5.41) is 14.0. The summed E-state index contributed by atoms with van der Waals surface area (Å²) in [4.78, 5) is 56.9. The number of ether oxygens (including phenoxy) is 2. The topological polar surface area (TPSA) is 133 Å². The molecule has 6 aromatic carbocycles. The SMILES string of the molecule is CC1(CC2CNC(=O)O2)C(=O)N(C2CCNCC2)c2ccccc21.Cc1cccc2cccc(CCl)c12.Cc1cccc2cccc(CN3CCC(N4C(=O)C(C)(CC5CNC(=O)O5)c5ccccc54)CC3)c12. The Hall–Kier alpha value is -6.47. The van der Waals surface area contributed by atoms with Gasteiger partial charge in [0.1, 0.15) is 12.2 Å². The van der Waals surface area contributed by atoms with Crippen LogP contribution in [-0.4, -0.2) is 92.5 Å². The van der Waals surface area contributed by atoms with Gasteiger partial charge in [-0.1, -0.05) is 109 Å². The van der Waals surface area contributed by atoms with Crippen molar-refractivity contribution < 1.29 is 28.7 Å². The van der Waals surface area contributed by atoms with Gasteiger partial charge < -0.3 is 35.2 Å². The number of nitrogens with zero attached hydrogens (tertiary/aromatic N) is 3. The van der Waals surface area contributed by atoms with Crippen molar-refractivity contribution in [1.82, 2.24) is 20.9 Å². The van der Waals surface area contributed by atoms with Crippen LogP contribution in [0.5, 0.6) is 0 Å². The summed E-state index contributed by atoms with van der Waals surface area (Å²) in [6.07, 6.45) is 3.51. The second-order valence-electron chi connectivity index (χ2n) is 21.1. The van der Waals surface area contributed by atoms with Crippen LogP contribution < -0.4 is 25.8 Å². The van der Waals surface area contributed by atoms with Gasteiger partial charge in [0.15, 0.2) is 0 Å². The lowest BCUT2D eigenvalue weighted by Crippen LogP contribution is -2.49. The predicted octanol–water partition coefficient (Wildman–Crippen LogP) is 10.3. The van der Waals surface area contributed by atoms with E-state index in [1.54, 1.807) is 0 Å². The summed E-state index contributed by atoms with van der Waals surface area (Å²) in [5.41, 5.74) is 8.02. The molecule has 73 heavy (non-hydrogen) atoms. The number of aryl methyl sites for hydroxylation is 2. The minimum Gasteiger partial charge on any atom is -0.444 e. The number of rotatable bonds is 9. The Morgan fingerprint density at radius 3 is 1.47 bits per heavy atom. The quantitative estimate of drug-likeness (QED) is 0.122. The first kappa shape index (κ1) is 50.1. The van der Waals surface area contributed by atoms with Gasteiger partial charge in [0.25, 0.3) is 0 Å². The number of carbonyl (C=O) groups excluding carboxylic acids is 4. The molecule has 0 spiro atoms. The third-order valence-corrected chi connectivity index (χ3v) is 16.5. The van der Waals surface area contributed by atoms with Gasteiger partial charge in [-0.3, -0.25) is 14.5 Å². The minimum atomic E-state index is -0.689. The number of likely N-dealkylation sites (tertiary alicyclic amines) is 1. The third-order valence-electron chi connectivity index (χ3n) is 16.2. The van der Waals surface area contributed by atoms with Crippen LogP contribution in [0.2, 0.25) is 0 Å². The van der Waals surface area contributed by atoms with Crippen LogP contribution in [0, 0.1) is 13.8 Å². The molecule has 13 heteroatoms. The van der Waals surface area contributed by atoms with Crippen molar-refractivity contribution in [3.8, 4) is 0 Å². The van der Waals surface area contributed by atoms with Gasteiger partial charge in [-0.05, 0) is 134 Å². The van der Waals surface area contributed by atoms with Crippen LogP contribution in [0.3, 0.4) is 0 Å². The van der Waals surface area contributed by atoms with Gasteiger partial charge in [0, 0.05) is 61.8 Å². The number of anilines is 2. The van der Waals surface area contributed by atoms with E-state index in [4.69, 9.17) is 21.1 Å². The van der Waals surface area contributed by atoms with Gasteiger partial charge >= 0.3 is 12.2 Å². The van der Waals surface area contributed by atoms with Crippen LogP contribution in [0.15, 0.2) is 121 Å². The largest absolute Gasteiger partial charge is 0.444 e. The Kier molecular flexibility index (Phi) is 14.5. The number of fused-ring (bicyclic) bond motifs is 4. The van der Waals surface area contributed by atoms with E-state index in [0.29, 0.717) is 31.8 Å². The average Bonchev–Trinajstić information content (AvgIpc) is 4.13. The molecular weight excluding hydrogens is 936 g/mol. The first-order chi connectivity index (χ1) is 35.4. The number of amides is 4. The zero-order valence-corrected chi connectivity index (χ0v) is 43.2. The van der Waals surface area contributed by atoms with Gasteiger partial charge in [-0.25, -0.2) is 9.59 Å². The standard InChI is InChI=1S/C30H33N3O3.C18H23N3O3.C12H11Cl/c1-20-7-5-8-21-9-6-10-22(27(20)21)19-32-15-13-23(14-16-32)33-26-12-4-3-11-25(26)30(2,28(33)34)17-24-18-31-29(35)36-24;1-18(10-13-11-20-17(23)24-13)14-4-2-3-5-15(14)21(16(18)22)12-6-8-19-9-7-12;1-9-4-2-5-10-6-3-7-11(8-13)12(9)10/h3-12,23-24H,13-19H2,1-2H3,(H,31,35);2-5,12-13,19H,6-11H2,1H3,(H,20,23);2-7H,8H2,1H3. The van der Waals surface area contributed by atoms with Gasteiger partial charge in [-0.15, -0.1) is 11.6 Å². The molecule has 12 rings (SSSR count). The molecule has 0 bridgehead atoms. The summed E-state index contributed by atoms with van der Waals surface area (Å²) in [7, 11) is 0. The molecule has 6 heterocycles. The molecule has 4 fully saturated rings. The van der Waals surface area contributed by atoms with Crippen molar-refractivity contribution in [1.29, 1.82) is 0 Å². The maximum atomic E-state index is 14.0. The first-order valence-corrected chi connectivity index (χ1v) is 26.6. The van der Waals surface area contributed by atoms with Crippen molar-refractivity contribution in [2.45, 2.75) is 114 Å². The first-order valence-electron chi connectivity index (χ1n) is 26.0. The highest BCUT2D eigenvalue weighted by atomic mass is 35.5. The molecule has 6 aromatic rings. The smallest absolute Gasteiger partial charge is 0.407 e. The number of hydrogen-bond donors (Lipinski definition) is 3. The molecule has 6 aliphatic rings. The second kappa shape index (κ2) is 21.2. The number of carbonyl (C=O) groups is 4. The Morgan fingerprint density at radius 1 is 0.562 bits per heavy atom. The Bertz CT molecular complexity index is 3030. The van der Waals surface area contributed by atoms with Gasteiger partial charge in [0.05, 0.1) is 23.9 Å². The van der Waals surface area contributed by atoms with Crippen LogP contribution in [0.1, 0.15) is 85.8 Å². The summed E-state index contributed by atoms with van der Waals surface area (Å²) in [6, 6.07) is 42.3. The molecule has 0 aliphatic carbocycles. The van der Waals surface area contributed by atoms with Crippen molar-refractivity contribution in [3.05, 3.63) is 155 Å². The molecule has 4 amide bonds. The van der Waals surface area contributed by atoms with Crippen molar-refractivity contribution >= 4 is 68.5 Å². The van der Waals surface area contributed by atoms with E-state index in [9.17, 15) is 19.2 Å². The molecule has 4 saturated heterocycles. The molecule has 380 valence electrons. The molecule has 4 atom stereocenters. The molecule has 0 saturated carbocycles. The molecule has 4 unspecified atom stereocenters. The zero-order chi connectivity index (χ0) is 50.9. The second-order valence-corrected chi connectivity index (χ2v) is 21.3. The van der Waals surface area contributed by atoms with Crippen LogP contribution in [-0.2, 0) is 42.3 Å². The van der Waals surface area contributed by atoms with E-state index in [1.165, 1.54) is 43.8 Å². The molecule has 0 radical (unpaired) electrons. The Labute approximate surface area is 433 Å². The van der Waals surface area contributed by atoms with E-state index < -0.39 is 23.0 Å². The minimum absolute atomic E-state index is 0.134. The van der Waals surface area contributed by atoms with Crippen LogP contribution >= 0.6 is 11.6 Å². The van der Waals surface area contributed by atoms with E-state index in [0.717, 1.165) is 80.9 Å². The van der Waals surface area contributed by atoms with Crippen molar-refractivity contribution in [3.63, 3.8) is 0 Å². The molecule has 0 aromatic heterocycles. The normalized spacial score (nSPS) is 24.0. The number of hydrogen-bond acceptors (Lipinski definition) is 8. The highest BCUT2D eigenvalue weighted by Crippen LogP contribution is 2.48. The van der Waals surface area contributed by atoms with Gasteiger partial charge in [-0.2, -0.15) is 0 Å². The van der Waals surface area contributed by atoms with Crippen LogP contribution in [0.4, 0.5) is 21.0 Å². The highest BCUT2D eigenvalue weighted by molar-refractivity contribution is 6.18. The maximum absolute atomic E-state index is 14.0. The molecule has 6 aliphatic heterocycles. The Morgan fingerprint density at radius 2 is 1.00 bits per heavy atom. The van der Waals surface area contributed by atoms with Crippen molar-refractivity contribution in [2.75, 3.05) is 49.1 Å². The number of nitrogens with one attached hydrogen (secondary N) is 3. The number of cyclic esters (lactones) is 2. The lowest BCUT2D eigenvalue weighted by atomic mass is 9.79. The van der Waals surface area contributed by atoms with E-state index >= 15 is 0 Å². The summed E-state index contributed by atoms with van der Waals surface area (Å²) >= 11 is 5.88.